The van der Waals surface area contributed by atoms with E-state index in [9.17, 15) is 14.4 Å². The standard InChI is InChI=1S/C20H20N4O4/c25-17(12-24-18(26)15-4-1-2-5-16(15)19(24)27)23-10-6-14(7-11-23)13-28-20-21-8-3-9-22-20/h1-5,8-9,14H,6-7,10-13H2. The second-order valence-electron chi connectivity index (χ2n) is 6.91. The predicted molar refractivity (Wildman–Crippen MR) is 98.6 cm³/mol. The molecule has 3 amide bonds. The van der Waals surface area contributed by atoms with Gasteiger partial charge in [0.2, 0.25) is 5.91 Å². The zero-order valence-corrected chi connectivity index (χ0v) is 15.3. The third kappa shape index (κ3) is 3.58. The molecule has 0 aliphatic carbocycles. The second kappa shape index (κ2) is 7.75. The van der Waals surface area contributed by atoms with Crippen LogP contribution in [0.4, 0.5) is 0 Å². The molecule has 0 saturated carbocycles. The van der Waals surface area contributed by atoms with Gasteiger partial charge in [-0.3, -0.25) is 19.3 Å². The maximum atomic E-state index is 12.6. The summed E-state index contributed by atoms with van der Waals surface area (Å²) in [6.07, 6.45) is 4.84. The first-order valence-electron chi connectivity index (χ1n) is 9.26. The molecule has 144 valence electrons. The first-order valence-corrected chi connectivity index (χ1v) is 9.26. The van der Waals surface area contributed by atoms with Crippen molar-refractivity contribution in [3.8, 4) is 6.01 Å². The van der Waals surface area contributed by atoms with Crippen LogP contribution in [0, 0.1) is 5.92 Å². The zero-order valence-electron chi connectivity index (χ0n) is 15.3. The summed E-state index contributed by atoms with van der Waals surface area (Å²) in [6, 6.07) is 8.73. The number of amides is 3. The average molecular weight is 380 g/mol. The lowest BCUT2D eigenvalue weighted by atomic mass is 9.98. The molecule has 1 aromatic carbocycles. The summed E-state index contributed by atoms with van der Waals surface area (Å²) < 4.78 is 5.59. The Bertz CT molecular complexity index is 859. The lowest BCUT2D eigenvalue weighted by Crippen LogP contribution is -2.46. The van der Waals surface area contributed by atoms with E-state index in [-0.39, 0.29) is 12.5 Å². The highest BCUT2D eigenvalue weighted by molar-refractivity contribution is 6.22. The molecule has 0 spiro atoms. The van der Waals surface area contributed by atoms with Gasteiger partial charge < -0.3 is 9.64 Å². The number of ether oxygens (including phenoxy) is 1. The number of aromatic nitrogens is 2. The number of carbonyl (C=O) groups excluding carboxylic acids is 3. The van der Waals surface area contributed by atoms with Gasteiger partial charge >= 0.3 is 6.01 Å². The summed E-state index contributed by atoms with van der Waals surface area (Å²) in [5.41, 5.74) is 0.721. The van der Waals surface area contributed by atoms with Gasteiger partial charge in [0.05, 0.1) is 17.7 Å². The van der Waals surface area contributed by atoms with Crippen LogP contribution in [-0.4, -0.2) is 63.7 Å². The first-order chi connectivity index (χ1) is 13.6. The van der Waals surface area contributed by atoms with Gasteiger partial charge in [-0.1, -0.05) is 12.1 Å². The summed E-state index contributed by atoms with van der Waals surface area (Å²) in [5, 5.41) is 0. The molecule has 1 fully saturated rings. The van der Waals surface area contributed by atoms with Crippen LogP contribution in [0.3, 0.4) is 0 Å². The van der Waals surface area contributed by atoms with Crippen molar-refractivity contribution in [2.24, 2.45) is 5.92 Å². The molecule has 0 radical (unpaired) electrons. The van der Waals surface area contributed by atoms with E-state index in [0.717, 1.165) is 17.7 Å². The Morgan fingerprint density at radius 3 is 2.21 bits per heavy atom. The molecule has 8 nitrogen and oxygen atoms in total. The van der Waals surface area contributed by atoms with Crippen LogP contribution in [-0.2, 0) is 4.79 Å². The Morgan fingerprint density at radius 1 is 1.00 bits per heavy atom. The van der Waals surface area contributed by atoms with E-state index in [4.69, 9.17) is 4.74 Å². The predicted octanol–water partition coefficient (Wildman–Crippen LogP) is 1.39. The number of hydrogen-bond donors (Lipinski definition) is 0. The van der Waals surface area contributed by atoms with Crippen LogP contribution >= 0.6 is 0 Å². The molecular weight excluding hydrogens is 360 g/mol. The van der Waals surface area contributed by atoms with Gasteiger partial charge in [-0.25, -0.2) is 9.97 Å². The van der Waals surface area contributed by atoms with Gasteiger partial charge in [0.1, 0.15) is 6.54 Å². The van der Waals surface area contributed by atoms with Crippen molar-refractivity contribution in [1.29, 1.82) is 0 Å². The summed E-state index contributed by atoms with van der Waals surface area (Å²) in [6.45, 7) is 1.44. The van der Waals surface area contributed by atoms with Crippen LogP contribution in [0.25, 0.3) is 0 Å². The molecule has 2 aromatic rings. The lowest BCUT2D eigenvalue weighted by Gasteiger charge is -2.32. The number of hydrogen-bond acceptors (Lipinski definition) is 6. The Balaban J connectivity index is 1.28. The molecule has 8 heteroatoms. The lowest BCUT2D eigenvalue weighted by molar-refractivity contribution is -0.133. The number of nitrogens with zero attached hydrogens (tertiary/aromatic N) is 4. The number of benzene rings is 1. The van der Waals surface area contributed by atoms with E-state index in [1.807, 2.05) is 0 Å². The highest BCUT2D eigenvalue weighted by Gasteiger charge is 2.37. The summed E-state index contributed by atoms with van der Waals surface area (Å²) >= 11 is 0. The Kier molecular flexibility index (Phi) is 5.01. The highest BCUT2D eigenvalue weighted by Crippen LogP contribution is 2.23. The molecular formula is C20H20N4O4. The van der Waals surface area contributed by atoms with E-state index >= 15 is 0 Å². The van der Waals surface area contributed by atoms with Crippen LogP contribution in [0.15, 0.2) is 42.7 Å². The normalized spacial score (nSPS) is 17.0. The summed E-state index contributed by atoms with van der Waals surface area (Å²) in [5.74, 6) is -0.701. The quantitative estimate of drug-likeness (QED) is 0.728. The molecule has 0 unspecified atom stereocenters. The molecule has 1 saturated heterocycles. The minimum atomic E-state index is -0.403. The van der Waals surface area contributed by atoms with Crippen molar-refractivity contribution in [2.75, 3.05) is 26.2 Å². The van der Waals surface area contributed by atoms with E-state index in [0.29, 0.717) is 42.8 Å². The molecule has 0 N–H and O–H groups in total. The Hall–Kier alpha value is -3.29. The molecule has 2 aliphatic heterocycles. The van der Waals surface area contributed by atoms with Gasteiger partial charge in [-0.05, 0) is 37.0 Å². The van der Waals surface area contributed by atoms with Crippen molar-refractivity contribution in [3.05, 3.63) is 53.9 Å². The molecule has 4 rings (SSSR count). The minimum Gasteiger partial charge on any atom is -0.463 e. The van der Waals surface area contributed by atoms with Crippen molar-refractivity contribution in [1.82, 2.24) is 19.8 Å². The number of fused-ring (bicyclic) bond motifs is 1. The fourth-order valence-electron chi connectivity index (χ4n) is 3.52. The van der Waals surface area contributed by atoms with Gasteiger partial charge in [-0.15, -0.1) is 0 Å². The summed E-state index contributed by atoms with van der Waals surface area (Å²) in [4.78, 5) is 48.2. The maximum Gasteiger partial charge on any atom is 0.316 e. The van der Waals surface area contributed by atoms with Crippen molar-refractivity contribution < 1.29 is 19.1 Å². The highest BCUT2D eigenvalue weighted by atomic mass is 16.5. The maximum absolute atomic E-state index is 12.6. The minimum absolute atomic E-state index is 0.208. The topological polar surface area (TPSA) is 92.7 Å². The Labute approximate surface area is 162 Å². The number of piperidine rings is 1. The van der Waals surface area contributed by atoms with Crippen molar-refractivity contribution in [2.45, 2.75) is 12.8 Å². The third-order valence-electron chi connectivity index (χ3n) is 5.13. The number of imide groups is 1. The largest absolute Gasteiger partial charge is 0.463 e. The number of rotatable bonds is 5. The fraction of sp³-hybridized carbons (Fsp3) is 0.350. The van der Waals surface area contributed by atoms with Gasteiger partial charge in [-0.2, -0.15) is 0 Å². The fourth-order valence-corrected chi connectivity index (χ4v) is 3.52. The van der Waals surface area contributed by atoms with Crippen LogP contribution in [0.5, 0.6) is 6.01 Å². The van der Waals surface area contributed by atoms with E-state index in [2.05, 4.69) is 9.97 Å². The molecule has 28 heavy (non-hydrogen) atoms. The van der Waals surface area contributed by atoms with Crippen molar-refractivity contribution in [3.63, 3.8) is 0 Å². The number of carbonyl (C=O) groups is 3. The van der Waals surface area contributed by atoms with Crippen LogP contribution in [0.2, 0.25) is 0 Å². The van der Waals surface area contributed by atoms with Gasteiger partial charge in [0, 0.05) is 25.5 Å². The Morgan fingerprint density at radius 2 is 1.61 bits per heavy atom. The molecule has 0 atom stereocenters. The van der Waals surface area contributed by atoms with E-state index < -0.39 is 11.8 Å². The SMILES string of the molecule is O=C(CN1C(=O)c2ccccc2C1=O)N1CCC(COc2ncccn2)CC1. The smallest absolute Gasteiger partial charge is 0.316 e. The molecule has 1 aromatic heterocycles. The van der Waals surface area contributed by atoms with E-state index in [1.165, 1.54) is 0 Å². The average Bonchev–Trinajstić information content (AvgIpc) is 2.98. The van der Waals surface area contributed by atoms with Gasteiger partial charge in [0.15, 0.2) is 0 Å². The van der Waals surface area contributed by atoms with Crippen LogP contribution in [0.1, 0.15) is 33.6 Å². The van der Waals surface area contributed by atoms with E-state index in [1.54, 1.807) is 47.6 Å². The number of likely N-dealkylation sites (tertiary alicyclic amines) is 1. The zero-order chi connectivity index (χ0) is 19.5. The molecule has 0 bridgehead atoms. The van der Waals surface area contributed by atoms with Gasteiger partial charge in [0.25, 0.3) is 11.8 Å². The third-order valence-corrected chi connectivity index (χ3v) is 5.13. The second-order valence-corrected chi connectivity index (χ2v) is 6.91. The molecule has 2 aliphatic rings. The van der Waals surface area contributed by atoms with Crippen molar-refractivity contribution >= 4 is 17.7 Å². The molecule has 3 heterocycles. The monoisotopic (exact) mass is 380 g/mol. The summed E-state index contributed by atoms with van der Waals surface area (Å²) in [7, 11) is 0. The first kappa shape index (κ1) is 18.1. The van der Waals surface area contributed by atoms with Crippen LogP contribution < -0.4 is 4.74 Å².